The van der Waals surface area contributed by atoms with E-state index in [-0.39, 0.29) is 11.7 Å². The molecule has 30 heavy (non-hydrogen) atoms. The number of rotatable bonds is 5. The molecular weight excluding hydrogens is 379 g/mol. The second kappa shape index (κ2) is 8.61. The van der Waals surface area contributed by atoms with Crippen molar-refractivity contribution in [2.24, 2.45) is 0 Å². The van der Waals surface area contributed by atoms with Crippen molar-refractivity contribution < 1.29 is 9.18 Å². The van der Waals surface area contributed by atoms with Gasteiger partial charge >= 0.3 is 0 Å². The molecule has 0 radical (unpaired) electrons. The summed E-state index contributed by atoms with van der Waals surface area (Å²) in [5, 5.41) is 2.85. The minimum Gasteiger partial charge on any atom is -0.347 e. The maximum atomic E-state index is 13.0. The highest BCUT2D eigenvalue weighted by atomic mass is 19.1. The van der Waals surface area contributed by atoms with E-state index in [4.69, 9.17) is 0 Å². The Hall–Kier alpha value is -3.93. The summed E-state index contributed by atoms with van der Waals surface area (Å²) in [4.78, 5) is 25.3. The molecular formula is C24H19FN4O. The lowest BCUT2D eigenvalue weighted by molar-refractivity contribution is 0.0946. The van der Waals surface area contributed by atoms with Crippen LogP contribution >= 0.6 is 0 Å². The zero-order chi connectivity index (χ0) is 20.9. The maximum absolute atomic E-state index is 13.0. The molecule has 0 saturated heterocycles. The molecule has 0 atom stereocenters. The van der Waals surface area contributed by atoms with Gasteiger partial charge in [-0.25, -0.2) is 4.39 Å². The van der Waals surface area contributed by atoms with Gasteiger partial charge < -0.3 is 5.32 Å². The van der Waals surface area contributed by atoms with Gasteiger partial charge in [0.2, 0.25) is 0 Å². The maximum Gasteiger partial charge on any atom is 0.270 e. The molecule has 0 saturated carbocycles. The smallest absolute Gasteiger partial charge is 0.270 e. The van der Waals surface area contributed by atoms with Crippen LogP contribution in [0, 0.1) is 12.7 Å². The van der Waals surface area contributed by atoms with Crippen molar-refractivity contribution in [3.05, 3.63) is 102 Å². The molecule has 0 aliphatic rings. The number of nitrogens with zero attached hydrogens (tertiary/aromatic N) is 3. The van der Waals surface area contributed by atoms with Gasteiger partial charge in [0.05, 0.1) is 5.69 Å². The van der Waals surface area contributed by atoms with Crippen LogP contribution in [-0.4, -0.2) is 20.9 Å². The fraction of sp³-hybridized carbons (Fsp3) is 0.0833. The highest BCUT2D eigenvalue weighted by Crippen LogP contribution is 2.19. The number of hydrogen-bond acceptors (Lipinski definition) is 4. The van der Waals surface area contributed by atoms with E-state index >= 15 is 0 Å². The van der Waals surface area contributed by atoms with Gasteiger partial charge in [0, 0.05) is 42.0 Å². The van der Waals surface area contributed by atoms with Gasteiger partial charge in [0.15, 0.2) is 0 Å². The Morgan fingerprint density at radius 3 is 2.33 bits per heavy atom. The number of halogens is 1. The third-order valence-corrected chi connectivity index (χ3v) is 4.64. The summed E-state index contributed by atoms with van der Waals surface area (Å²) in [5.41, 5.74) is 5.66. The molecule has 0 bridgehead atoms. The zero-order valence-electron chi connectivity index (χ0n) is 16.3. The van der Waals surface area contributed by atoms with Crippen LogP contribution in [0.1, 0.15) is 21.7 Å². The molecule has 0 spiro atoms. The Bertz CT molecular complexity index is 1160. The van der Waals surface area contributed by atoms with Gasteiger partial charge in [-0.3, -0.25) is 19.7 Å². The lowest BCUT2D eigenvalue weighted by atomic mass is 10.1. The first-order valence-corrected chi connectivity index (χ1v) is 9.47. The first kappa shape index (κ1) is 19.4. The Kier molecular flexibility index (Phi) is 5.57. The summed E-state index contributed by atoms with van der Waals surface area (Å²) in [6.45, 7) is 2.29. The Labute approximate surface area is 173 Å². The number of benzene rings is 1. The largest absolute Gasteiger partial charge is 0.347 e. The van der Waals surface area contributed by atoms with Gasteiger partial charge in [-0.05, 0) is 54.4 Å². The van der Waals surface area contributed by atoms with E-state index in [2.05, 4.69) is 20.3 Å². The molecule has 1 aromatic carbocycles. The minimum absolute atomic E-state index is 0.269. The van der Waals surface area contributed by atoms with E-state index in [1.165, 1.54) is 12.1 Å². The van der Waals surface area contributed by atoms with Crippen molar-refractivity contribution in [2.45, 2.75) is 13.5 Å². The lowest BCUT2D eigenvalue weighted by Crippen LogP contribution is -2.23. The topological polar surface area (TPSA) is 67.8 Å². The molecule has 4 rings (SSSR count). The van der Waals surface area contributed by atoms with Crippen molar-refractivity contribution in [3.8, 4) is 22.4 Å². The van der Waals surface area contributed by atoms with Gasteiger partial charge in [-0.15, -0.1) is 0 Å². The number of aryl methyl sites for hydroxylation is 1. The van der Waals surface area contributed by atoms with E-state index < -0.39 is 0 Å². The summed E-state index contributed by atoms with van der Waals surface area (Å²) in [5.74, 6) is -0.560. The summed E-state index contributed by atoms with van der Waals surface area (Å²) in [7, 11) is 0. The molecule has 0 aliphatic carbocycles. The number of pyridine rings is 3. The van der Waals surface area contributed by atoms with Crippen molar-refractivity contribution in [1.82, 2.24) is 20.3 Å². The molecule has 0 aliphatic heterocycles. The average Bonchev–Trinajstić information content (AvgIpc) is 2.78. The molecule has 0 fully saturated rings. The standard InChI is InChI=1S/C24H19FN4O/c1-16-12-19(10-11-26-16)22-8-2-17(13-27-22)14-29-24(30)23-9-5-20(15-28-23)18-3-6-21(25)7-4-18/h2-13,15H,14H2,1H3,(H,29,30). The Balaban J connectivity index is 1.38. The van der Waals surface area contributed by atoms with Gasteiger partial charge in [0.25, 0.3) is 5.91 Å². The van der Waals surface area contributed by atoms with Gasteiger partial charge in [-0.2, -0.15) is 0 Å². The van der Waals surface area contributed by atoms with Crippen molar-refractivity contribution in [1.29, 1.82) is 0 Å². The van der Waals surface area contributed by atoms with Crippen molar-refractivity contribution in [3.63, 3.8) is 0 Å². The first-order chi connectivity index (χ1) is 14.6. The molecule has 1 N–H and O–H groups in total. The Morgan fingerprint density at radius 1 is 0.867 bits per heavy atom. The van der Waals surface area contributed by atoms with E-state index in [0.29, 0.717) is 12.2 Å². The summed E-state index contributed by atoms with van der Waals surface area (Å²) < 4.78 is 13.0. The van der Waals surface area contributed by atoms with Crippen molar-refractivity contribution >= 4 is 5.91 Å². The van der Waals surface area contributed by atoms with Crippen LogP contribution in [0.3, 0.4) is 0 Å². The van der Waals surface area contributed by atoms with Gasteiger partial charge in [0.1, 0.15) is 11.5 Å². The highest BCUT2D eigenvalue weighted by Gasteiger charge is 2.08. The Morgan fingerprint density at radius 2 is 1.67 bits per heavy atom. The van der Waals surface area contributed by atoms with Crippen molar-refractivity contribution in [2.75, 3.05) is 0 Å². The molecule has 6 heteroatoms. The quantitative estimate of drug-likeness (QED) is 0.534. The molecule has 3 heterocycles. The van der Waals surface area contributed by atoms with Crippen LogP contribution in [0.4, 0.5) is 4.39 Å². The minimum atomic E-state index is -0.291. The number of hydrogen-bond donors (Lipinski definition) is 1. The number of carbonyl (C=O) groups excluding carboxylic acids is 1. The molecule has 4 aromatic rings. The lowest BCUT2D eigenvalue weighted by Gasteiger charge is -2.07. The van der Waals surface area contributed by atoms with Crippen LogP contribution in [0.15, 0.2) is 79.3 Å². The summed E-state index contributed by atoms with van der Waals surface area (Å²) in [6, 6.07) is 17.3. The summed E-state index contributed by atoms with van der Waals surface area (Å²) in [6.07, 6.45) is 5.11. The molecule has 148 valence electrons. The molecule has 3 aromatic heterocycles. The van der Waals surface area contributed by atoms with Crippen LogP contribution in [0.2, 0.25) is 0 Å². The van der Waals surface area contributed by atoms with E-state index in [1.807, 2.05) is 31.2 Å². The van der Waals surface area contributed by atoms with Crippen LogP contribution < -0.4 is 5.32 Å². The van der Waals surface area contributed by atoms with E-state index in [0.717, 1.165) is 33.6 Å². The van der Waals surface area contributed by atoms with E-state index in [1.54, 1.807) is 42.9 Å². The number of carbonyl (C=O) groups is 1. The third-order valence-electron chi connectivity index (χ3n) is 4.64. The highest BCUT2D eigenvalue weighted by molar-refractivity contribution is 5.92. The average molecular weight is 398 g/mol. The molecule has 0 unspecified atom stereocenters. The van der Waals surface area contributed by atoms with Gasteiger partial charge in [-0.1, -0.05) is 24.3 Å². The predicted molar refractivity (Wildman–Crippen MR) is 113 cm³/mol. The second-order valence-corrected chi connectivity index (χ2v) is 6.86. The molecule has 5 nitrogen and oxygen atoms in total. The predicted octanol–water partition coefficient (Wildman–Crippen LogP) is 4.58. The normalized spacial score (nSPS) is 10.6. The number of aromatic nitrogens is 3. The number of nitrogens with one attached hydrogen (secondary N) is 1. The van der Waals surface area contributed by atoms with Crippen LogP contribution in [0.25, 0.3) is 22.4 Å². The second-order valence-electron chi connectivity index (χ2n) is 6.86. The zero-order valence-corrected chi connectivity index (χ0v) is 16.3. The first-order valence-electron chi connectivity index (χ1n) is 9.47. The SMILES string of the molecule is Cc1cc(-c2ccc(CNC(=O)c3ccc(-c4ccc(F)cc4)cn3)cn2)ccn1. The fourth-order valence-corrected chi connectivity index (χ4v) is 3.02. The third kappa shape index (κ3) is 4.55. The molecule has 1 amide bonds. The fourth-order valence-electron chi connectivity index (χ4n) is 3.02. The monoisotopic (exact) mass is 398 g/mol. The van der Waals surface area contributed by atoms with Crippen LogP contribution in [-0.2, 0) is 6.54 Å². The summed E-state index contributed by atoms with van der Waals surface area (Å²) >= 11 is 0. The van der Waals surface area contributed by atoms with E-state index in [9.17, 15) is 9.18 Å². The van der Waals surface area contributed by atoms with Crippen LogP contribution in [0.5, 0.6) is 0 Å². The number of amides is 1.